The molecular formula is C14H24N2O3. The van der Waals surface area contributed by atoms with Gasteiger partial charge in [0.1, 0.15) is 6.61 Å². The molecule has 0 aromatic heterocycles. The molecule has 2 saturated heterocycles. The van der Waals surface area contributed by atoms with Gasteiger partial charge in [-0.2, -0.15) is 0 Å². The van der Waals surface area contributed by atoms with E-state index < -0.39 is 6.09 Å². The maximum atomic E-state index is 12.5. The van der Waals surface area contributed by atoms with Gasteiger partial charge in [0.15, 0.2) is 0 Å². The quantitative estimate of drug-likeness (QED) is 0.782. The number of rotatable bonds is 3. The number of hydrogen-bond acceptors (Lipinski definition) is 4. The third kappa shape index (κ3) is 2.91. The second kappa shape index (κ2) is 5.90. The molecule has 5 nitrogen and oxygen atoms in total. The lowest BCUT2D eigenvalue weighted by Crippen LogP contribution is -2.45. The van der Waals surface area contributed by atoms with Gasteiger partial charge in [0.05, 0.1) is 6.04 Å². The highest BCUT2D eigenvalue weighted by atomic mass is 16.6. The number of imide groups is 1. The topological polar surface area (TPSA) is 49.9 Å². The first-order valence-corrected chi connectivity index (χ1v) is 7.23. The van der Waals surface area contributed by atoms with E-state index in [2.05, 4.69) is 11.9 Å². The first-order valence-electron chi connectivity index (χ1n) is 7.23. The molecule has 0 N–H and O–H groups in total. The van der Waals surface area contributed by atoms with Gasteiger partial charge in [-0.05, 0) is 45.3 Å². The van der Waals surface area contributed by atoms with Crippen LogP contribution in [0.15, 0.2) is 0 Å². The molecule has 0 aliphatic carbocycles. The van der Waals surface area contributed by atoms with Gasteiger partial charge in [-0.3, -0.25) is 4.79 Å². The molecule has 0 radical (unpaired) electrons. The van der Waals surface area contributed by atoms with Gasteiger partial charge in [-0.15, -0.1) is 0 Å². The Balaban J connectivity index is 2.00. The lowest BCUT2D eigenvalue weighted by atomic mass is 9.84. The van der Waals surface area contributed by atoms with Crippen molar-refractivity contribution in [2.45, 2.75) is 39.2 Å². The van der Waals surface area contributed by atoms with Crippen molar-refractivity contribution in [1.29, 1.82) is 0 Å². The zero-order valence-electron chi connectivity index (χ0n) is 12.1. The van der Waals surface area contributed by atoms with Crippen LogP contribution in [0.1, 0.15) is 33.1 Å². The Hall–Kier alpha value is -1.10. The van der Waals surface area contributed by atoms with E-state index in [9.17, 15) is 9.59 Å². The first kappa shape index (κ1) is 14.3. The van der Waals surface area contributed by atoms with E-state index in [0.29, 0.717) is 12.5 Å². The molecule has 2 heterocycles. The van der Waals surface area contributed by atoms with Crippen molar-refractivity contribution in [2.75, 3.05) is 26.7 Å². The largest absolute Gasteiger partial charge is 0.447 e. The molecule has 108 valence electrons. The van der Waals surface area contributed by atoms with Gasteiger partial charge in [-0.1, -0.05) is 13.8 Å². The van der Waals surface area contributed by atoms with Crippen molar-refractivity contribution in [3.8, 4) is 0 Å². The van der Waals surface area contributed by atoms with E-state index >= 15 is 0 Å². The van der Waals surface area contributed by atoms with E-state index in [-0.39, 0.29) is 17.9 Å². The van der Waals surface area contributed by atoms with Gasteiger partial charge >= 0.3 is 6.09 Å². The summed E-state index contributed by atoms with van der Waals surface area (Å²) in [5.41, 5.74) is 0. The summed E-state index contributed by atoms with van der Waals surface area (Å²) in [5.74, 6) is 0.243. The summed E-state index contributed by atoms with van der Waals surface area (Å²) in [6.45, 7) is 6.35. The van der Waals surface area contributed by atoms with Crippen molar-refractivity contribution in [1.82, 2.24) is 9.80 Å². The Bertz CT molecular complexity index is 351. The van der Waals surface area contributed by atoms with Crippen LogP contribution in [0.2, 0.25) is 0 Å². The van der Waals surface area contributed by atoms with E-state index in [1.165, 1.54) is 4.90 Å². The van der Waals surface area contributed by atoms with Crippen LogP contribution in [0.4, 0.5) is 4.79 Å². The number of likely N-dealkylation sites (tertiary alicyclic amines) is 1. The molecule has 0 aromatic carbocycles. The first-order chi connectivity index (χ1) is 9.04. The molecule has 2 aliphatic heterocycles. The highest BCUT2D eigenvalue weighted by molar-refractivity contribution is 5.94. The van der Waals surface area contributed by atoms with Gasteiger partial charge in [0, 0.05) is 5.92 Å². The predicted octanol–water partition coefficient (Wildman–Crippen LogP) is 1.72. The summed E-state index contributed by atoms with van der Waals surface area (Å²) in [6.07, 6.45) is 2.36. The third-order valence-corrected chi connectivity index (χ3v) is 4.53. The normalized spacial score (nSPS) is 27.4. The third-order valence-electron chi connectivity index (χ3n) is 4.53. The average Bonchev–Trinajstić information content (AvgIpc) is 2.79. The van der Waals surface area contributed by atoms with Crippen molar-refractivity contribution >= 4 is 12.0 Å². The Morgan fingerprint density at radius 2 is 2.05 bits per heavy atom. The van der Waals surface area contributed by atoms with Crippen LogP contribution in [0.25, 0.3) is 0 Å². The molecule has 0 saturated carbocycles. The highest BCUT2D eigenvalue weighted by Gasteiger charge is 2.40. The molecule has 2 amide bonds. The van der Waals surface area contributed by atoms with Crippen molar-refractivity contribution in [2.24, 2.45) is 11.8 Å². The van der Waals surface area contributed by atoms with E-state index in [1.807, 2.05) is 13.8 Å². The number of piperidine rings is 1. The Kier molecular flexibility index (Phi) is 4.45. The molecule has 19 heavy (non-hydrogen) atoms. The monoisotopic (exact) mass is 268 g/mol. The smallest absolute Gasteiger partial charge is 0.416 e. The van der Waals surface area contributed by atoms with Crippen LogP contribution in [-0.2, 0) is 9.53 Å². The van der Waals surface area contributed by atoms with Gasteiger partial charge in [-0.25, -0.2) is 9.69 Å². The number of hydrogen-bond donors (Lipinski definition) is 0. The summed E-state index contributed by atoms with van der Waals surface area (Å²) < 4.78 is 5.00. The Morgan fingerprint density at radius 1 is 1.42 bits per heavy atom. The van der Waals surface area contributed by atoms with Crippen LogP contribution in [0, 0.1) is 11.8 Å². The highest BCUT2D eigenvalue weighted by Crippen LogP contribution is 2.28. The minimum atomic E-state index is -0.461. The molecular weight excluding hydrogens is 244 g/mol. The van der Waals surface area contributed by atoms with E-state index in [4.69, 9.17) is 4.74 Å². The number of cyclic esters (lactones) is 1. The fourth-order valence-electron chi connectivity index (χ4n) is 2.98. The van der Waals surface area contributed by atoms with Crippen LogP contribution < -0.4 is 0 Å². The number of nitrogens with zero attached hydrogens (tertiary/aromatic N) is 2. The molecule has 5 heteroatoms. The summed E-state index contributed by atoms with van der Waals surface area (Å²) >= 11 is 0. The van der Waals surface area contributed by atoms with Crippen molar-refractivity contribution in [3.05, 3.63) is 0 Å². The van der Waals surface area contributed by atoms with E-state index in [0.717, 1.165) is 32.4 Å². The maximum absolute atomic E-state index is 12.5. The van der Waals surface area contributed by atoms with Crippen LogP contribution in [0.3, 0.4) is 0 Å². The number of carbonyl (C=O) groups is 2. The molecule has 2 fully saturated rings. The molecule has 2 aliphatic rings. The maximum Gasteiger partial charge on any atom is 0.416 e. The number of amides is 2. The van der Waals surface area contributed by atoms with Gasteiger partial charge in [0.2, 0.25) is 5.91 Å². The average molecular weight is 268 g/mol. The fourth-order valence-corrected chi connectivity index (χ4v) is 2.98. The van der Waals surface area contributed by atoms with Crippen LogP contribution in [0.5, 0.6) is 0 Å². The summed E-state index contributed by atoms with van der Waals surface area (Å²) in [5, 5.41) is 0. The Labute approximate surface area is 114 Å². The van der Waals surface area contributed by atoms with Crippen LogP contribution >= 0.6 is 0 Å². The minimum Gasteiger partial charge on any atom is -0.447 e. The Morgan fingerprint density at radius 3 is 2.63 bits per heavy atom. The SMILES string of the molecule is CCC1COC(=O)N1C(=O)C(C)C1CCN(C)CC1. The lowest BCUT2D eigenvalue weighted by molar-refractivity contribution is -0.135. The molecule has 2 unspecified atom stereocenters. The lowest BCUT2D eigenvalue weighted by Gasteiger charge is -2.33. The number of ether oxygens (including phenoxy) is 1. The van der Waals surface area contributed by atoms with E-state index in [1.54, 1.807) is 0 Å². The molecule has 0 bridgehead atoms. The standard InChI is InChI=1S/C14H24N2O3/c1-4-12-9-19-14(18)16(12)13(17)10(2)11-5-7-15(3)8-6-11/h10-12H,4-9H2,1-3H3. The summed E-state index contributed by atoms with van der Waals surface area (Å²) in [4.78, 5) is 27.9. The van der Waals surface area contributed by atoms with Crippen molar-refractivity contribution in [3.63, 3.8) is 0 Å². The zero-order valence-corrected chi connectivity index (χ0v) is 12.1. The number of carbonyl (C=O) groups excluding carboxylic acids is 2. The minimum absolute atomic E-state index is 0.0519. The molecule has 0 spiro atoms. The van der Waals surface area contributed by atoms with Gasteiger partial charge in [0.25, 0.3) is 0 Å². The van der Waals surface area contributed by atoms with Gasteiger partial charge < -0.3 is 9.64 Å². The predicted molar refractivity (Wildman–Crippen MR) is 71.7 cm³/mol. The molecule has 0 aromatic rings. The zero-order chi connectivity index (χ0) is 14.0. The second-order valence-electron chi connectivity index (χ2n) is 5.78. The molecule has 2 atom stereocenters. The molecule has 2 rings (SSSR count). The summed E-state index contributed by atoms with van der Waals surface area (Å²) in [7, 11) is 2.10. The van der Waals surface area contributed by atoms with Crippen LogP contribution in [-0.4, -0.2) is 54.6 Å². The van der Waals surface area contributed by atoms with Crippen molar-refractivity contribution < 1.29 is 14.3 Å². The second-order valence-corrected chi connectivity index (χ2v) is 5.78. The summed E-state index contributed by atoms with van der Waals surface area (Å²) in [6, 6.07) is -0.0753. The fraction of sp³-hybridized carbons (Fsp3) is 0.857.